The van der Waals surface area contributed by atoms with Crippen LogP contribution in [0.4, 0.5) is 0 Å². The summed E-state index contributed by atoms with van der Waals surface area (Å²) in [5, 5.41) is 0.175. The molecule has 5 nitrogen and oxygen atoms in total. The zero-order chi connectivity index (χ0) is 18.7. The molecule has 26 heavy (non-hydrogen) atoms. The molecule has 2 amide bonds. The van der Waals surface area contributed by atoms with Gasteiger partial charge >= 0.3 is 5.97 Å². The van der Waals surface area contributed by atoms with Crippen molar-refractivity contribution in [3.05, 3.63) is 77.4 Å². The molecule has 1 atom stereocenters. The van der Waals surface area contributed by atoms with Gasteiger partial charge in [-0.3, -0.25) is 9.59 Å². The first-order valence-electron chi connectivity index (χ1n) is 8.08. The van der Waals surface area contributed by atoms with Crippen LogP contribution in [-0.2, 0) is 14.4 Å². The summed E-state index contributed by atoms with van der Waals surface area (Å²) in [6.45, 7) is 3.72. The van der Waals surface area contributed by atoms with E-state index >= 15 is 0 Å². The van der Waals surface area contributed by atoms with Crippen molar-refractivity contribution in [2.45, 2.75) is 18.1 Å². The van der Waals surface area contributed by atoms with Gasteiger partial charge in [-0.1, -0.05) is 55.1 Å². The number of amides is 2. The molecule has 1 aliphatic heterocycles. The van der Waals surface area contributed by atoms with E-state index in [0.29, 0.717) is 10.6 Å². The Bertz CT molecular complexity index is 860. The average Bonchev–Trinajstić information content (AvgIpc) is 2.99. The summed E-state index contributed by atoms with van der Waals surface area (Å²) in [5.41, 5.74) is 2.76. The van der Waals surface area contributed by atoms with Gasteiger partial charge in [0.05, 0.1) is 10.8 Å². The zero-order valence-corrected chi connectivity index (χ0v) is 14.8. The van der Waals surface area contributed by atoms with Crippen molar-refractivity contribution in [1.82, 2.24) is 5.06 Å². The lowest BCUT2D eigenvalue weighted by Crippen LogP contribution is -2.32. The highest BCUT2D eigenvalue weighted by atomic mass is 32.1. The average molecular weight is 367 g/mol. The maximum absolute atomic E-state index is 12.5. The fourth-order valence-electron chi connectivity index (χ4n) is 2.71. The molecule has 0 aliphatic carbocycles. The van der Waals surface area contributed by atoms with E-state index in [1.807, 2.05) is 24.3 Å². The van der Waals surface area contributed by atoms with Crippen LogP contribution in [0.2, 0.25) is 0 Å². The fourth-order valence-corrected chi connectivity index (χ4v) is 3.10. The summed E-state index contributed by atoms with van der Waals surface area (Å²) in [6.07, 6.45) is 1.85. The molecule has 1 unspecified atom stereocenters. The lowest BCUT2D eigenvalue weighted by Gasteiger charge is -2.18. The van der Waals surface area contributed by atoms with Gasteiger partial charge in [-0.2, -0.15) is 12.6 Å². The SMILES string of the molecule is C=Cc1ccc(C(S)c2ccccc2C(=O)ON2C(=O)CCC2=O)cc1. The Balaban J connectivity index is 1.87. The van der Waals surface area contributed by atoms with Crippen molar-refractivity contribution in [2.24, 2.45) is 0 Å². The fraction of sp³-hybridized carbons (Fsp3) is 0.150. The number of imide groups is 1. The van der Waals surface area contributed by atoms with Crippen LogP contribution in [0.3, 0.4) is 0 Å². The quantitative estimate of drug-likeness (QED) is 0.648. The summed E-state index contributed by atoms with van der Waals surface area (Å²) in [5.74, 6) is -1.78. The Morgan fingerprint density at radius 1 is 1.08 bits per heavy atom. The number of carbonyl (C=O) groups is 3. The van der Waals surface area contributed by atoms with E-state index in [0.717, 1.165) is 11.1 Å². The molecule has 1 heterocycles. The Hall–Kier alpha value is -2.86. The largest absolute Gasteiger partial charge is 0.364 e. The monoisotopic (exact) mass is 367 g/mol. The number of benzene rings is 2. The van der Waals surface area contributed by atoms with E-state index in [4.69, 9.17) is 4.84 Å². The lowest BCUT2D eigenvalue weighted by atomic mass is 9.98. The highest BCUT2D eigenvalue weighted by molar-refractivity contribution is 7.80. The molecule has 0 spiro atoms. The van der Waals surface area contributed by atoms with Crippen molar-refractivity contribution < 1.29 is 19.2 Å². The standard InChI is InChI=1S/C20H17NO4S/c1-2-13-7-9-14(10-8-13)19(26)15-5-3-4-6-16(15)20(24)25-21-17(22)11-12-18(21)23/h2-10,19,26H,1,11-12H2. The lowest BCUT2D eigenvalue weighted by molar-refractivity contribution is -0.172. The van der Waals surface area contributed by atoms with Crippen molar-refractivity contribution in [3.8, 4) is 0 Å². The minimum Gasteiger partial charge on any atom is -0.325 e. The molecule has 1 saturated heterocycles. The minimum absolute atomic E-state index is 0.0542. The second kappa shape index (κ2) is 7.58. The van der Waals surface area contributed by atoms with Crippen molar-refractivity contribution >= 4 is 36.5 Å². The van der Waals surface area contributed by atoms with Crippen LogP contribution in [0, 0.1) is 0 Å². The van der Waals surface area contributed by atoms with Gasteiger partial charge in [0.25, 0.3) is 11.8 Å². The molecule has 3 rings (SSSR count). The van der Waals surface area contributed by atoms with E-state index < -0.39 is 17.8 Å². The molecular weight excluding hydrogens is 350 g/mol. The Kier molecular flexibility index (Phi) is 5.23. The van der Waals surface area contributed by atoms with Gasteiger partial charge < -0.3 is 4.84 Å². The number of thiol groups is 1. The summed E-state index contributed by atoms with van der Waals surface area (Å²) in [7, 11) is 0. The molecule has 0 bridgehead atoms. The van der Waals surface area contributed by atoms with Gasteiger partial charge in [-0.05, 0) is 22.8 Å². The molecule has 6 heteroatoms. The molecule has 0 aromatic heterocycles. The van der Waals surface area contributed by atoms with Crippen LogP contribution in [0.5, 0.6) is 0 Å². The predicted octanol–water partition coefficient (Wildman–Crippen LogP) is 3.57. The van der Waals surface area contributed by atoms with Crippen LogP contribution >= 0.6 is 12.6 Å². The predicted molar refractivity (Wildman–Crippen MR) is 100 cm³/mol. The molecule has 2 aromatic rings. The molecule has 2 aromatic carbocycles. The van der Waals surface area contributed by atoms with Gasteiger partial charge in [-0.25, -0.2) is 4.79 Å². The molecule has 0 saturated carbocycles. The van der Waals surface area contributed by atoms with Crippen LogP contribution in [-0.4, -0.2) is 22.8 Å². The summed E-state index contributed by atoms with van der Waals surface area (Å²) >= 11 is 4.64. The van der Waals surface area contributed by atoms with E-state index in [1.165, 1.54) is 0 Å². The molecule has 132 valence electrons. The van der Waals surface area contributed by atoms with Crippen molar-refractivity contribution in [2.75, 3.05) is 0 Å². The number of rotatable bonds is 5. The Labute approximate surface area is 156 Å². The zero-order valence-electron chi connectivity index (χ0n) is 13.9. The van der Waals surface area contributed by atoms with Crippen LogP contribution in [0.1, 0.15) is 45.1 Å². The van der Waals surface area contributed by atoms with Crippen molar-refractivity contribution in [1.29, 1.82) is 0 Å². The molecule has 1 fully saturated rings. The number of hydroxylamine groups is 2. The molecular formula is C20H17NO4S. The Morgan fingerprint density at radius 2 is 1.69 bits per heavy atom. The maximum Gasteiger partial charge on any atom is 0.364 e. The number of hydrogen-bond acceptors (Lipinski definition) is 5. The number of nitrogens with zero attached hydrogens (tertiary/aromatic N) is 1. The van der Waals surface area contributed by atoms with Crippen molar-refractivity contribution in [3.63, 3.8) is 0 Å². The maximum atomic E-state index is 12.5. The van der Waals surface area contributed by atoms with Gasteiger partial charge in [0, 0.05) is 12.8 Å². The van der Waals surface area contributed by atoms with E-state index in [-0.39, 0.29) is 23.7 Å². The van der Waals surface area contributed by atoms with Crippen LogP contribution in [0.25, 0.3) is 6.08 Å². The summed E-state index contributed by atoms with van der Waals surface area (Å²) in [4.78, 5) is 40.9. The van der Waals surface area contributed by atoms with Gasteiger partial charge in [0.2, 0.25) is 0 Å². The Morgan fingerprint density at radius 3 is 2.31 bits per heavy atom. The first kappa shape index (κ1) is 17.9. The van der Waals surface area contributed by atoms with E-state index in [2.05, 4.69) is 19.2 Å². The number of hydrogen-bond donors (Lipinski definition) is 1. The first-order valence-corrected chi connectivity index (χ1v) is 8.60. The highest BCUT2D eigenvalue weighted by Crippen LogP contribution is 2.31. The second-order valence-electron chi connectivity index (χ2n) is 5.82. The molecule has 0 N–H and O–H groups in total. The number of carbonyl (C=O) groups excluding carboxylic acids is 3. The van der Waals surface area contributed by atoms with Crippen LogP contribution < -0.4 is 0 Å². The third-order valence-corrected chi connectivity index (χ3v) is 4.72. The minimum atomic E-state index is -0.758. The third-order valence-electron chi connectivity index (χ3n) is 4.14. The summed E-state index contributed by atoms with van der Waals surface area (Å²) < 4.78 is 0. The van der Waals surface area contributed by atoms with E-state index in [1.54, 1.807) is 30.3 Å². The first-order chi connectivity index (χ1) is 12.5. The van der Waals surface area contributed by atoms with E-state index in [9.17, 15) is 14.4 Å². The smallest absolute Gasteiger partial charge is 0.325 e. The topological polar surface area (TPSA) is 63.7 Å². The third kappa shape index (κ3) is 3.55. The highest BCUT2D eigenvalue weighted by Gasteiger charge is 2.33. The van der Waals surface area contributed by atoms with Gasteiger partial charge in [-0.15, -0.1) is 5.06 Å². The van der Waals surface area contributed by atoms with Crippen LogP contribution in [0.15, 0.2) is 55.1 Å². The second-order valence-corrected chi connectivity index (χ2v) is 6.34. The van der Waals surface area contributed by atoms with Gasteiger partial charge in [0.15, 0.2) is 0 Å². The van der Waals surface area contributed by atoms with Gasteiger partial charge in [0.1, 0.15) is 0 Å². The molecule has 1 aliphatic rings. The molecule has 0 radical (unpaired) electrons. The summed E-state index contributed by atoms with van der Waals surface area (Å²) in [6, 6.07) is 14.5. The normalized spacial score (nSPS) is 15.0.